The van der Waals surface area contributed by atoms with E-state index >= 15 is 0 Å². The lowest BCUT2D eigenvalue weighted by Gasteiger charge is -2.23. The number of anilines is 1. The van der Waals surface area contributed by atoms with E-state index in [0.717, 1.165) is 31.1 Å². The van der Waals surface area contributed by atoms with Gasteiger partial charge in [-0.15, -0.1) is 0 Å². The third-order valence-corrected chi connectivity index (χ3v) is 2.88. The molecule has 1 unspecified atom stereocenters. The quantitative estimate of drug-likeness (QED) is 0.728. The average Bonchev–Trinajstić information content (AvgIpc) is 2.59. The molecule has 4 heteroatoms. The van der Waals surface area contributed by atoms with Crippen LogP contribution < -0.4 is 11.1 Å². The summed E-state index contributed by atoms with van der Waals surface area (Å²) in [6.45, 7) is 9.17. The monoisotopic (exact) mass is 208 g/mol. The normalized spacial score (nSPS) is 20.9. The molecule has 0 bridgehead atoms. The van der Waals surface area contributed by atoms with Crippen molar-refractivity contribution < 1.29 is 0 Å². The van der Waals surface area contributed by atoms with E-state index < -0.39 is 0 Å². The van der Waals surface area contributed by atoms with Crippen LogP contribution in [0.15, 0.2) is 6.07 Å². The van der Waals surface area contributed by atoms with Crippen LogP contribution in [0.4, 0.5) is 5.82 Å². The fraction of sp³-hybridized carbons (Fsp3) is 0.727. The van der Waals surface area contributed by atoms with Crippen molar-refractivity contribution in [2.45, 2.75) is 32.7 Å². The van der Waals surface area contributed by atoms with Gasteiger partial charge in [-0.1, -0.05) is 20.8 Å². The van der Waals surface area contributed by atoms with Crippen LogP contribution in [0.1, 0.15) is 26.5 Å². The Morgan fingerprint density at radius 2 is 2.33 bits per heavy atom. The van der Waals surface area contributed by atoms with Gasteiger partial charge >= 0.3 is 0 Å². The van der Waals surface area contributed by atoms with E-state index in [1.165, 1.54) is 0 Å². The van der Waals surface area contributed by atoms with E-state index in [1.54, 1.807) is 0 Å². The van der Waals surface area contributed by atoms with Gasteiger partial charge in [0, 0.05) is 30.5 Å². The second-order valence-electron chi connectivity index (χ2n) is 5.33. The molecule has 4 nitrogen and oxygen atoms in total. The van der Waals surface area contributed by atoms with Crippen molar-refractivity contribution in [2.75, 3.05) is 18.4 Å². The highest BCUT2D eigenvalue weighted by Crippen LogP contribution is 2.26. The first-order valence-corrected chi connectivity index (χ1v) is 5.53. The summed E-state index contributed by atoms with van der Waals surface area (Å²) in [5.41, 5.74) is 6.93. The van der Waals surface area contributed by atoms with E-state index in [2.05, 4.69) is 37.3 Å². The molecule has 0 amide bonds. The summed E-state index contributed by atoms with van der Waals surface area (Å²) in [5, 5.41) is 8.00. The molecule has 0 saturated heterocycles. The Morgan fingerprint density at radius 1 is 1.60 bits per heavy atom. The maximum atomic E-state index is 5.67. The van der Waals surface area contributed by atoms with Crippen molar-refractivity contribution >= 4 is 5.82 Å². The Balaban J connectivity index is 2.26. The standard InChI is InChI=1S/C11H20N4/c1-11(2,3)9-4-10-13-6-8(5-12)7-15(10)14-9/h4,8,13H,5-7,12H2,1-3H3. The molecule has 15 heavy (non-hydrogen) atoms. The third-order valence-electron chi connectivity index (χ3n) is 2.88. The number of hydrogen-bond donors (Lipinski definition) is 2. The van der Waals surface area contributed by atoms with Gasteiger partial charge in [-0.2, -0.15) is 5.10 Å². The largest absolute Gasteiger partial charge is 0.370 e. The first kappa shape index (κ1) is 10.5. The van der Waals surface area contributed by atoms with Gasteiger partial charge in [0.15, 0.2) is 0 Å². The van der Waals surface area contributed by atoms with Crippen molar-refractivity contribution in [2.24, 2.45) is 11.7 Å². The van der Waals surface area contributed by atoms with Crippen LogP contribution in [0.2, 0.25) is 0 Å². The summed E-state index contributed by atoms with van der Waals surface area (Å²) in [6, 6.07) is 2.15. The fourth-order valence-electron chi connectivity index (χ4n) is 1.78. The Labute approximate surface area is 90.8 Å². The van der Waals surface area contributed by atoms with Crippen LogP contribution in [0.5, 0.6) is 0 Å². The van der Waals surface area contributed by atoms with Gasteiger partial charge in [0.05, 0.1) is 5.69 Å². The Morgan fingerprint density at radius 3 is 2.93 bits per heavy atom. The summed E-state index contributed by atoms with van der Waals surface area (Å²) in [6.07, 6.45) is 0. The molecular formula is C11H20N4. The first-order valence-electron chi connectivity index (χ1n) is 5.53. The van der Waals surface area contributed by atoms with Crippen LogP contribution >= 0.6 is 0 Å². The van der Waals surface area contributed by atoms with Crippen molar-refractivity contribution in [1.82, 2.24) is 9.78 Å². The Kier molecular flexibility index (Phi) is 2.46. The number of rotatable bonds is 1. The molecule has 3 N–H and O–H groups in total. The van der Waals surface area contributed by atoms with Gasteiger partial charge in [0.25, 0.3) is 0 Å². The molecule has 0 fully saturated rings. The maximum absolute atomic E-state index is 5.67. The molecule has 0 aliphatic carbocycles. The minimum atomic E-state index is 0.115. The highest BCUT2D eigenvalue weighted by atomic mass is 15.3. The maximum Gasteiger partial charge on any atom is 0.124 e. The van der Waals surface area contributed by atoms with Crippen LogP contribution in [-0.2, 0) is 12.0 Å². The number of aromatic nitrogens is 2. The van der Waals surface area contributed by atoms with E-state index in [9.17, 15) is 0 Å². The van der Waals surface area contributed by atoms with Crippen molar-refractivity contribution in [1.29, 1.82) is 0 Å². The van der Waals surface area contributed by atoms with Crippen LogP contribution in [0, 0.1) is 5.92 Å². The lowest BCUT2D eigenvalue weighted by atomic mass is 9.92. The van der Waals surface area contributed by atoms with Crippen LogP contribution in [-0.4, -0.2) is 22.9 Å². The van der Waals surface area contributed by atoms with Crippen LogP contribution in [0.3, 0.4) is 0 Å². The SMILES string of the molecule is CC(C)(C)c1cc2n(n1)CC(CN)CN2. The fourth-order valence-corrected chi connectivity index (χ4v) is 1.78. The highest BCUT2D eigenvalue weighted by Gasteiger charge is 2.23. The summed E-state index contributed by atoms with van der Waals surface area (Å²) < 4.78 is 2.04. The number of hydrogen-bond acceptors (Lipinski definition) is 3. The zero-order chi connectivity index (χ0) is 11.1. The molecular weight excluding hydrogens is 188 g/mol. The summed E-state index contributed by atoms with van der Waals surface area (Å²) in [4.78, 5) is 0. The van der Waals surface area contributed by atoms with Gasteiger partial charge in [-0.05, 0) is 6.54 Å². The third kappa shape index (κ3) is 2.00. The van der Waals surface area contributed by atoms with Gasteiger partial charge in [-0.3, -0.25) is 0 Å². The highest BCUT2D eigenvalue weighted by molar-refractivity contribution is 5.40. The van der Waals surface area contributed by atoms with Gasteiger partial charge in [-0.25, -0.2) is 4.68 Å². The molecule has 1 atom stereocenters. The number of fused-ring (bicyclic) bond motifs is 1. The van der Waals surface area contributed by atoms with Crippen molar-refractivity contribution in [3.8, 4) is 0 Å². The predicted octanol–water partition coefficient (Wildman–Crippen LogP) is 1.18. The van der Waals surface area contributed by atoms with E-state index in [0.29, 0.717) is 5.92 Å². The first-order chi connectivity index (χ1) is 7.00. The van der Waals surface area contributed by atoms with E-state index in [1.807, 2.05) is 4.68 Å². The topological polar surface area (TPSA) is 55.9 Å². The van der Waals surface area contributed by atoms with Gasteiger partial charge < -0.3 is 11.1 Å². The number of nitrogens with one attached hydrogen (secondary N) is 1. The minimum Gasteiger partial charge on any atom is -0.370 e. The molecule has 1 aliphatic rings. The molecule has 1 aliphatic heterocycles. The van der Waals surface area contributed by atoms with Crippen LogP contribution in [0.25, 0.3) is 0 Å². The lowest BCUT2D eigenvalue weighted by molar-refractivity contribution is 0.415. The predicted molar refractivity (Wildman–Crippen MR) is 62.0 cm³/mol. The second kappa shape index (κ2) is 3.52. The minimum absolute atomic E-state index is 0.115. The molecule has 1 aromatic rings. The molecule has 2 rings (SSSR count). The van der Waals surface area contributed by atoms with E-state index in [-0.39, 0.29) is 5.41 Å². The molecule has 1 aromatic heterocycles. The molecule has 0 spiro atoms. The molecule has 2 heterocycles. The average molecular weight is 208 g/mol. The molecule has 84 valence electrons. The summed E-state index contributed by atoms with van der Waals surface area (Å²) in [5.74, 6) is 1.63. The van der Waals surface area contributed by atoms with E-state index in [4.69, 9.17) is 5.73 Å². The second-order valence-corrected chi connectivity index (χ2v) is 5.33. The van der Waals surface area contributed by atoms with Gasteiger partial charge in [0.2, 0.25) is 0 Å². The Hall–Kier alpha value is -1.03. The van der Waals surface area contributed by atoms with Crippen molar-refractivity contribution in [3.63, 3.8) is 0 Å². The number of nitrogens with zero attached hydrogens (tertiary/aromatic N) is 2. The molecule has 0 radical (unpaired) electrons. The van der Waals surface area contributed by atoms with Crippen molar-refractivity contribution in [3.05, 3.63) is 11.8 Å². The number of nitrogens with two attached hydrogens (primary N) is 1. The van der Waals surface area contributed by atoms with Gasteiger partial charge in [0.1, 0.15) is 5.82 Å². The smallest absolute Gasteiger partial charge is 0.124 e. The molecule has 0 saturated carbocycles. The zero-order valence-corrected chi connectivity index (χ0v) is 9.75. The zero-order valence-electron chi connectivity index (χ0n) is 9.75. The Bertz CT molecular complexity index is 348. The summed E-state index contributed by atoms with van der Waals surface area (Å²) >= 11 is 0. The summed E-state index contributed by atoms with van der Waals surface area (Å²) in [7, 11) is 0. The molecule has 0 aromatic carbocycles. The lowest BCUT2D eigenvalue weighted by Crippen LogP contribution is -2.32.